The summed E-state index contributed by atoms with van der Waals surface area (Å²) in [7, 11) is 0. The Morgan fingerprint density at radius 3 is 2.48 bits per heavy atom. The molecule has 1 aromatic heterocycles. The molecule has 7 heteroatoms. The van der Waals surface area contributed by atoms with Crippen molar-refractivity contribution in [3.63, 3.8) is 0 Å². The molecule has 2 unspecified atom stereocenters. The monoisotopic (exact) mass is 297 g/mol. The first-order chi connectivity index (χ1) is 9.99. The van der Waals surface area contributed by atoms with E-state index in [0.29, 0.717) is 0 Å². The predicted molar refractivity (Wildman–Crippen MR) is 72.4 cm³/mol. The lowest BCUT2D eigenvalue weighted by Gasteiger charge is -2.17. The van der Waals surface area contributed by atoms with Crippen molar-refractivity contribution in [1.29, 1.82) is 0 Å². The smallest absolute Gasteiger partial charge is 0.356 e. The number of pyridine rings is 1. The van der Waals surface area contributed by atoms with Crippen molar-refractivity contribution < 1.29 is 29.3 Å². The minimum absolute atomic E-state index is 0.0248. The van der Waals surface area contributed by atoms with Gasteiger partial charge in [-0.05, 0) is 26.0 Å². The third-order valence-electron chi connectivity index (χ3n) is 2.60. The van der Waals surface area contributed by atoms with Crippen molar-refractivity contribution in [2.45, 2.75) is 32.5 Å². The fourth-order valence-corrected chi connectivity index (χ4v) is 1.63. The molecule has 0 spiro atoms. The van der Waals surface area contributed by atoms with Crippen molar-refractivity contribution >= 4 is 11.9 Å². The van der Waals surface area contributed by atoms with Crippen molar-refractivity contribution in [2.24, 2.45) is 0 Å². The molecule has 7 nitrogen and oxygen atoms in total. The first kappa shape index (κ1) is 17.1. The number of aliphatic hydroxyl groups is 2. The molecular weight excluding hydrogens is 278 g/mol. The first-order valence-electron chi connectivity index (χ1n) is 6.65. The summed E-state index contributed by atoms with van der Waals surface area (Å²) in [4.78, 5) is 26.7. The molecule has 1 heterocycles. The molecule has 0 radical (unpaired) electrons. The Bertz CT molecular complexity index is 490. The molecule has 21 heavy (non-hydrogen) atoms. The van der Waals surface area contributed by atoms with Gasteiger partial charge in [0, 0.05) is 0 Å². The second-order valence-corrected chi connectivity index (χ2v) is 4.19. The molecule has 1 aromatic rings. The zero-order valence-corrected chi connectivity index (χ0v) is 12.0. The van der Waals surface area contributed by atoms with Gasteiger partial charge in [0.1, 0.15) is 11.8 Å². The molecular formula is C14H19NO6. The summed E-state index contributed by atoms with van der Waals surface area (Å²) in [6.45, 7) is 3.71. The van der Waals surface area contributed by atoms with Gasteiger partial charge in [0.05, 0.1) is 31.4 Å². The molecule has 1 rings (SSSR count). The maximum Gasteiger partial charge on any atom is 0.356 e. The predicted octanol–water partition coefficient (Wildman–Crippen LogP) is 0.606. The minimum Gasteiger partial charge on any atom is -0.466 e. The lowest BCUT2D eigenvalue weighted by Crippen LogP contribution is -2.24. The van der Waals surface area contributed by atoms with Gasteiger partial charge in [-0.25, -0.2) is 9.78 Å². The summed E-state index contributed by atoms with van der Waals surface area (Å²) in [5.41, 5.74) is 0.106. The van der Waals surface area contributed by atoms with Gasteiger partial charge in [-0.1, -0.05) is 6.07 Å². The van der Waals surface area contributed by atoms with Crippen LogP contribution in [-0.4, -0.2) is 46.5 Å². The number of ether oxygens (including phenoxy) is 2. The Morgan fingerprint density at radius 1 is 1.19 bits per heavy atom. The molecule has 0 aliphatic heterocycles. The molecule has 0 aliphatic rings. The number of rotatable bonds is 7. The summed E-state index contributed by atoms with van der Waals surface area (Å²) in [6, 6.07) is 4.39. The van der Waals surface area contributed by atoms with Crippen LogP contribution in [0.5, 0.6) is 0 Å². The van der Waals surface area contributed by atoms with Crippen LogP contribution in [-0.2, 0) is 14.3 Å². The number of aromatic nitrogens is 1. The normalized spacial score (nSPS) is 13.3. The average molecular weight is 297 g/mol. The zero-order valence-electron chi connectivity index (χ0n) is 12.0. The minimum atomic E-state index is -1.40. The van der Waals surface area contributed by atoms with Crippen LogP contribution in [0.15, 0.2) is 18.2 Å². The maximum absolute atomic E-state index is 11.5. The second kappa shape index (κ2) is 8.33. The van der Waals surface area contributed by atoms with Crippen molar-refractivity contribution in [1.82, 2.24) is 4.98 Å². The van der Waals surface area contributed by atoms with Crippen LogP contribution >= 0.6 is 0 Å². The molecule has 0 fully saturated rings. The number of nitrogens with zero attached hydrogens (tertiary/aromatic N) is 1. The van der Waals surface area contributed by atoms with Crippen molar-refractivity contribution in [3.8, 4) is 0 Å². The Morgan fingerprint density at radius 2 is 1.86 bits per heavy atom. The van der Waals surface area contributed by atoms with Gasteiger partial charge in [-0.15, -0.1) is 0 Å². The lowest BCUT2D eigenvalue weighted by atomic mass is 10.1. The molecule has 0 amide bonds. The SMILES string of the molecule is CCOC(=O)CC(O)C(O)c1cccc(C(=O)OCC)n1. The molecule has 0 bridgehead atoms. The van der Waals surface area contributed by atoms with Crippen LogP contribution in [0.4, 0.5) is 0 Å². The number of hydrogen-bond donors (Lipinski definition) is 2. The highest BCUT2D eigenvalue weighted by Gasteiger charge is 2.24. The second-order valence-electron chi connectivity index (χ2n) is 4.19. The molecule has 0 saturated heterocycles. The van der Waals surface area contributed by atoms with Gasteiger partial charge < -0.3 is 19.7 Å². The quantitative estimate of drug-likeness (QED) is 0.710. The van der Waals surface area contributed by atoms with Crippen LogP contribution in [0.3, 0.4) is 0 Å². The van der Waals surface area contributed by atoms with E-state index < -0.39 is 24.1 Å². The van der Waals surface area contributed by atoms with E-state index >= 15 is 0 Å². The molecule has 2 N–H and O–H groups in total. The summed E-state index contributed by atoms with van der Waals surface area (Å²) < 4.78 is 9.49. The number of carbonyl (C=O) groups excluding carboxylic acids is 2. The molecule has 0 aromatic carbocycles. The lowest BCUT2D eigenvalue weighted by molar-refractivity contribution is -0.147. The van der Waals surface area contributed by atoms with Crippen LogP contribution in [0.25, 0.3) is 0 Å². The molecule has 0 aliphatic carbocycles. The van der Waals surface area contributed by atoms with E-state index in [2.05, 4.69) is 9.72 Å². The van der Waals surface area contributed by atoms with Crippen LogP contribution in [0, 0.1) is 0 Å². The first-order valence-corrected chi connectivity index (χ1v) is 6.65. The van der Waals surface area contributed by atoms with E-state index in [1.54, 1.807) is 13.8 Å². The highest BCUT2D eigenvalue weighted by molar-refractivity contribution is 5.87. The molecule has 0 saturated carbocycles. The summed E-state index contributed by atoms with van der Waals surface area (Å²) >= 11 is 0. The number of hydrogen-bond acceptors (Lipinski definition) is 7. The van der Waals surface area contributed by atoms with E-state index in [9.17, 15) is 19.8 Å². The van der Waals surface area contributed by atoms with Gasteiger partial charge in [0.2, 0.25) is 0 Å². The van der Waals surface area contributed by atoms with Gasteiger partial charge in [0.25, 0.3) is 0 Å². The summed E-state index contributed by atoms with van der Waals surface area (Å²) in [5.74, 6) is -1.24. The van der Waals surface area contributed by atoms with Gasteiger partial charge in [-0.3, -0.25) is 4.79 Å². The maximum atomic E-state index is 11.5. The van der Waals surface area contributed by atoms with Crippen LogP contribution in [0.2, 0.25) is 0 Å². The Hall–Kier alpha value is -1.99. The van der Waals surface area contributed by atoms with E-state index in [-0.39, 0.29) is 31.0 Å². The van der Waals surface area contributed by atoms with Crippen LogP contribution in [0.1, 0.15) is 42.6 Å². The third-order valence-corrected chi connectivity index (χ3v) is 2.60. The Balaban J connectivity index is 2.77. The third kappa shape index (κ3) is 5.13. The van der Waals surface area contributed by atoms with Crippen LogP contribution < -0.4 is 0 Å². The van der Waals surface area contributed by atoms with Gasteiger partial charge >= 0.3 is 11.9 Å². The highest BCUT2D eigenvalue weighted by atomic mass is 16.5. The molecule has 116 valence electrons. The standard InChI is InChI=1S/C14H19NO6/c1-3-20-12(17)8-11(16)13(18)9-6-5-7-10(15-9)14(19)21-4-2/h5-7,11,13,16,18H,3-4,8H2,1-2H3. The van der Waals surface area contributed by atoms with E-state index in [1.807, 2.05) is 0 Å². The van der Waals surface area contributed by atoms with Gasteiger partial charge in [0.15, 0.2) is 0 Å². The number of aliphatic hydroxyl groups excluding tert-OH is 2. The zero-order chi connectivity index (χ0) is 15.8. The average Bonchev–Trinajstić information content (AvgIpc) is 2.47. The Labute approximate surface area is 122 Å². The van der Waals surface area contributed by atoms with E-state index in [4.69, 9.17) is 4.74 Å². The van der Waals surface area contributed by atoms with E-state index in [1.165, 1.54) is 18.2 Å². The largest absolute Gasteiger partial charge is 0.466 e. The van der Waals surface area contributed by atoms with E-state index in [0.717, 1.165) is 0 Å². The summed E-state index contributed by atoms with van der Waals surface area (Å²) in [6.07, 6.45) is -3.13. The Kier molecular flexibility index (Phi) is 6.77. The fourth-order valence-electron chi connectivity index (χ4n) is 1.63. The number of esters is 2. The fraction of sp³-hybridized carbons (Fsp3) is 0.500. The van der Waals surface area contributed by atoms with Gasteiger partial charge in [-0.2, -0.15) is 0 Å². The highest BCUT2D eigenvalue weighted by Crippen LogP contribution is 2.18. The molecule has 2 atom stereocenters. The summed E-state index contributed by atoms with van der Waals surface area (Å²) in [5, 5.41) is 19.8. The number of carbonyl (C=O) groups is 2. The van der Waals surface area contributed by atoms with Crippen molar-refractivity contribution in [2.75, 3.05) is 13.2 Å². The topological polar surface area (TPSA) is 106 Å². The van der Waals surface area contributed by atoms with Crippen molar-refractivity contribution in [3.05, 3.63) is 29.6 Å².